The van der Waals surface area contributed by atoms with Crippen molar-refractivity contribution in [1.82, 2.24) is 14.7 Å². The van der Waals surface area contributed by atoms with E-state index in [0.29, 0.717) is 11.3 Å². The fourth-order valence-corrected chi connectivity index (χ4v) is 2.30. The number of carbonyl (C=O) groups is 2. The van der Waals surface area contributed by atoms with Gasteiger partial charge in [-0.25, -0.2) is 9.59 Å². The summed E-state index contributed by atoms with van der Waals surface area (Å²) < 4.78 is 7.03. The lowest BCUT2D eigenvalue weighted by Crippen LogP contribution is -2.38. The SMILES string of the molecule is CC(C)(C)OC(=O)N1Cc2nn(C(C)(C)C)cc2C1C(=O)O. The van der Waals surface area contributed by atoms with E-state index in [1.807, 2.05) is 20.8 Å². The van der Waals surface area contributed by atoms with Gasteiger partial charge in [0.05, 0.1) is 17.8 Å². The third-order valence-electron chi connectivity index (χ3n) is 3.30. The molecule has 1 amide bonds. The lowest BCUT2D eigenvalue weighted by Gasteiger charge is -2.27. The van der Waals surface area contributed by atoms with Crippen molar-refractivity contribution < 1.29 is 19.4 Å². The Labute approximate surface area is 129 Å². The van der Waals surface area contributed by atoms with Crippen molar-refractivity contribution in [3.63, 3.8) is 0 Å². The zero-order valence-electron chi connectivity index (χ0n) is 13.9. The smallest absolute Gasteiger partial charge is 0.411 e. The Morgan fingerprint density at radius 1 is 1.27 bits per heavy atom. The van der Waals surface area contributed by atoms with Crippen LogP contribution in [-0.2, 0) is 21.6 Å². The average molecular weight is 309 g/mol. The monoisotopic (exact) mass is 309 g/mol. The molecule has 22 heavy (non-hydrogen) atoms. The van der Waals surface area contributed by atoms with E-state index in [1.54, 1.807) is 31.6 Å². The molecule has 1 aromatic rings. The van der Waals surface area contributed by atoms with E-state index in [2.05, 4.69) is 5.10 Å². The molecule has 0 saturated heterocycles. The zero-order chi connectivity index (χ0) is 16.9. The van der Waals surface area contributed by atoms with Crippen molar-refractivity contribution in [3.8, 4) is 0 Å². The third kappa shape index (κ3) is 3.08. The maximum absolute atomic E-state index is 12.2. The molecule has 1 unspecified atom stereocenters. The van der Waals surface area contributed by atoms with Crippen molar-refractivity contribution in [2.24, 2.45) is 0 Å². The fourth-order valence-electron chi connectivity index (χ4n) is 2.30. The number of aliphatic carboxylic acids is 1. The van der Waals surface area contributed by atoms with E-state index >= 15 is 0 Å². The number of amides is 1. The second kappa shape index (κ2) is 5.00. The lowest BCUT2D eigenvalue weighted by molar-refractivity contribution is -0.143. The Bertz CT molecular complexity index is 607. The van der Waals surface area contributed by atoms with Crippen LogP contribution >= 0.6 is 0 Å². The van der Waals surface area contributed by atoms with Gasteiger partial charge in [-0.15, -0.1) is 0 Å². The van der Waals surface area contributed by atoms with E-state index in [1.165, 1.54) is 4.90 Å². The standard InChI is InChI=1S/C15H23N3O4/c1-14(2,3)18-7-9-10(16-18)8-17(11(9)12(19)20)13(21)22-15(4,5)6/h7,11H,8H2,1-6H3,(H,19,20). The van der Waals surface area contributed by atoms with Crippen LogP contribution in [0.15, 0.2) is 6.20 Å². The van der Waals surface area contributed by atoms with Gasteiger partial charge in [-0.2, -0.15) is 5.10 Å². The second-order valence-corrected chi connectivity index (χ2v) is 7.50. The predicted octanol–water partition coefficient (Wildman–Crippen LogP) is 2.51. The number of hydrogen-bond donors (Lipinski definition) is 1. The highest BCUT2D eigenvalue weighted by Crippen LogP contribution is 2.35. The maximum atomic E-state index is 12.2. The highest BCUT2D eigenvalue weighted by Gasteiger charge is 2.43. The van der Waals surface area contributed by atoms with Crippen LogP contribution in [0.2, 0.25) is 0 Å². The molecule has 7 nitrogen and oxygen atoms in total. The number of carbonyl (C=O) groups excluding carboxylic acids is 1. The molecule has 0 spiro atoms. The van der Waals surface area contributed by atoms with E-state index in [0.717, 1.165) is 0 Å². The molecule has 1 N–H and O–H groups in total. The van der Waals surface area contributed by atoms with Gasteiger partial charge in [0, 0.05) is 11.8 Å². The number of hydrogen-bond acceptors (Lipinski definition) is 4. The first-order valence-electron chi connectivity index (χ1n) is 7.21. The van der Waals surface area contributed by atoms with Crippen LogP contribution in [-0.4, -0.2) is 37.5 Å². The molecule has 0 saturated carbocycles. The topological polar surface area (TPSA) is 84.7 Å². The molecule has 0 aliphatic carbocycles. The summed E-state index contributed by atoms with van der Waals surface area (Å²) in [7, 11) is 0. The Morgan fingerprint density at radius 3 is 2.32 bits per heavy atom. The van der Waals surface area contributed by atoms with Crippen LogP contribution in [0.5, 0.6) is 0 Å². The minimum Gasteiger partial charge on any atom is -0.479 e. The summed E-state index contributed by atoms with van der Waals surface area (Å²) in [6.45, 7) is 11.3. The van der Waals surface area contributed by atoms with E-state index in [9.17, 15) is 14.7 Å². The molecule has 1 atom stereocenters. The molecule has 1 aromatic heterocycles. The normalized spacial score (nSPS) is 18.3. The van der Waals surface area contributed by atoms with Crippen molar-refractivity contribution in [3.05, 3.63) is 17.5 Å². The van der Waals surface area contributed by atoms with Crippen molar-refractivity contribution in [2.75, 3.05) is 0 Å². The number of rotatable bonds is 1. The lowest BCUT2D eigenvalue weighted by atomic mass is 10.1. The molecule has 2 rings (SSSR count). The second-order valence-electron chi connectivity index (χ2n) is 7.50. The van der Waals surface area contributed by atoms with Gasteiger partial charge < -0.3 is 9.84 Å². The molecule has 122 valence electrons. The molecule has 0 radical (unpaired) electrons. The summed E-state index contributed by atoms with van der Waals surface area (Å²) >= 11 is 0. The van der Waals surface area contributed by atoms with Gasteiger partial charge in [-0.05, 0) is 41.5 Å². The first kappa shape index (κ1) is 16.3. The number of carboxylic acid groups (broad SMARTS) is 1. The van der Waals surface area contributed by atoms with E-state index in [4.69, 9.17) is 4.74 Å². The molecular formula is C15H23N3O4. The Morgan fingerprint density at radius 2 is 1.86 bits per heavy atom. The molecule has 0 fully saturated rings. The average Bonchev–Trinajstić information content (AvgIpc) is 2.80. The first-order chi connectivity index (χ1) is 9.90. The van der Waals surface area contributed by atoms with E-state index in [-0.39, 0.29) is 12.1 Å². The predicted molar refractivity (Wildman–Crippen MR) is 79.4 cm³/mol. The number of ether oxygens (including phenoxy) is 1. The van der Waals surface area contributed by atoms with Crippen molar-refractivity contribution >= 4 is 12.1 Å². The van der Waals surface area contributed by atoms with E-state index < -0.39 is 23.7 Å². The molecular weight excluding hydrogens is 286 g/mol. The van der Waals surface area contributed by atoms with Crippen LogP contribution in [0.25, 0.3) is 0 Å². The van der Waals surface area contributed by atoms with Crippen molar-refractivity contribution in [2.45, 2.75) is 65.3 Å². The number of aromatic nitrogens is 2. The summed E-state index contributed by atoms with van der Waals surface area (Å²) in [6.07, 6.45) is 1.07. The molecule has 2 heterocycles. The summed E-state index contributed by atoms with van der Waals surface area (Å²) in [5, 5.41) is 13.9. The van der Waals surface area contributed by atoms with Gasteiger partial charge in [-0.3, -0.25) is 9.58 Å². The molecule has 1 aliphatic heterocycles. The Balaban J connectivity index is 2.32. The molecule has 1 aliphatic rings. The summed E-state index contributed by atoms with van der Waals surface area (Å²) in [6, 6.07) is -1.05. The molecule has 0 bridgehead atoms. The van der Waals surface area contributed by atoms with Crippen LogP contribution in [0.3, 0.4) is 0 Å². The summed E-state index contributed by atoms with van der Waals surface area (Å²) in [4.78, 5) is 25.1. The van der Waals surface area contributed by atoms with Gasteiger partial charge in [0.25, 0.3) is 0 Å². The zero-order valence-corrected chi connectivity index (χ0v) is 13.9. The van der Waals surface area contributed by atoms with Crippen LogP contribution in [0.4, 0.5) is 4.79 Å². The third-order valence-corrected chi connectivity index (χ3v) is 3.30. The summed E-state index contributed by atoms with van der Waals surface area (Å²) in [5.74, 6) is -1.09. The van der Waals surface area contributed by atoms with Crippen LogP contribution < -0.4 is 0 Å². The largest absolute Gasteiger partial charge is 0.479 e. The van der Waals surface area contributed by atoms with Gasteiger partial charge in [0.15, 0.2) is 6.04 Å². The highest BCUT2D eigenvalue weighted by molar-refractivity contribution is 5.83. The number of nitrogens with zero attached hydrogens (tertiary/aromatic N) is 3. The Hall–Kier alpha value is -2.05. The van der Waals surface area contributed by atoms with Gasteiger partial charge in [0.1, 0.15) is 5.60 Å². The number of carboxylic acids is 1. The molecule has 0 aromatic carbocycles. The van der Waals surface area contributed by atoms with Crippen LogP contribution in [0.1, 0.15) is 58.8 Å². The van der Waals surface area contributed by atoms with Gasteiger partial charge >= 0.3 is 12.1 Å². The minimum absolute atomic E-state index is 0.143. The van der Waals surface area contributed by atoms with Crippen LogP contribution in [0, 0.1) is 0 Å². The van der Waals surface area contributed by atoms with Gasteiger partial charge in [0.2, 0.25) is 0 Å². The first-order valence-corrected chi connectivity index (χ1v) is 7.21. The highest BCUT2D eigenvalue weighted by atomic mass is 16.6. The summed E-state index contributed by atoms with van der Waals surface area (Å²) in [5.41, 5.74) is 0.233. The number of fused-ring (bicyclic) bond motifs is 1. The van der Waals surface area contributed by atoms with Crippen molar-refractivity contribution in [1.29, 1.82) is 0 Å². The minimum atomic E-state index is -1.09. The van der Waals surface area contributed by atoms with Gasteiger partial charge in [-0.1, -0.05) is 0 Å². The maximum Gasteiger partial charge on any atom is 0.411 e. The Kier molecular flexibility index (Phi) is 3.71. The fraction of sp³-hybridized carbons (Fsp3) is 0.667. The molecule has 7 heteroatoms. The quantitative estimate of drug-likeness (QED) is 0.861.